The first-order valence-electron chi connectivity index (χ1n) is 10.00. The highest BCUT2D eigenvalue weighted by Gasteiger charge is 2.19. The molecule has 3 rings (SSSR count). The SMILES string of the molecule is COc1ccc(CN(C)C(=O)c2ccc(NS(=O)(=O)c3ccc(C)cc3)cc2Cl)cc1OC. The third kappa shape index (κ3) is 5.77. The predicted molar refractivity (Wildman–Crippen MR) is 129 cm³/mol. The Labute approximate surface area is 198 Å². The third-order valence-corrected chi connectivity index (χ3v) is 6.71. The van der Waals surface area contributed by atoms with Crippen LogP contribution in [0.4, 0.5) is 5.69 Å². The zero-order valence-electron chi connectivity index (χ0n) is 18.8. The minimum atomic E-state index is -3.78. The fourth-order valence-corrected chi connectivity index (χ4v) is 4.52. The Morgan fingerprint density at radius 1 is 0.970 bits per heavy atom. The Balaban J connectivity index is 1.75. The van der Waals surface area contributed by atoms with Gasteiger partial charge in [-0.2, -0.15) is 0 Å². The fourth-order valence-electron chi connectivity index (χ4n) is 3.21. The molecule has 3 aromatic carbocycles. The van der Waals surface area contributed by atoms with Crippen LogP contribution in [0.1, 0.15) is 21.5 Å². The minimum Gasteiger partial charge on any atom is -0.493 e. The summed E-state index contributed by atoms with van der Waals surface area (Å²) in [5, 5.41) is 0.142. The average molecular weight is 489 g/mol. The number of ether oxygens (including phenoxy) is 2. The first kappa shape index (κ1) is 24.4. The number of nitrogens with zero attached hydrogens (tertiary/aromatic N) is 1. The molecule has 174 valence electrons. The van der Waals surface area contributed by atoms with E-state index >= 15 is 0 Å². The van der Waals surface area contributed by atoms with Crippen molar-refractivity contribution in [3.8, 4) is 11.5 Å². The molecule has 0 saturated carbocycles. The molecule has 0 atom stereocenters. The van der Waals surface area contributed by atoms with Crippen molar-refractivity contribution in [2.45, 2.75) is 18.4 Å². The van der Waals surface area contributed by atoms with Crippen LogP contribution in [0, 0.1) is 6.92 Å². The van der Waals surface area contributed by atoms with Gasteiger partial charge in [0.25, 0.3) is 15.9 Å². The van der Waals surface area contributed by atoms with Crippen LogP contribution in [0.3, 0.4) is 0 Å². The molecule has 0 aromatic heterocycles. The Morgan fingerprint density at radius 3 is 2.24 bits per heavy atom. The van der Waals surface area contributed by atoms with E-state index in [-0.39, 0.29) is 27.1 Å². The number of rotatable bonds is 8. The lowest BCUT2D eigenvalue weighted by atomic mass is 10.1. The maximum Gasteiger partial charge on any atom is 0.261 e. The number of hydrogen-bond acceptors (Lipinski definition) is 5. The summed E-state index contributed by atoms with van der Waals surface area (Å²) in [6.07, 6.45) is 0. The summed E-state index contributed by atoms with van der Waals surface area (Å²) in [5.74, 6) is 0.865. The maximum atomic E-state index is 12.9. The van der Waals surface area contributed by atoms with E-state index in [1.807, 2.05) is 13.0 Å². The molecule has 7 nitrogen and oxygen atoms in total. The number of aryl methyl sites for hydroxylation is 1. The smallest absolute Gasteiger partial charge is 0.261 e. The van der Waals surface area contributed by atoms with Gasteiger partial charge in [0.15, 0.2) is 11.5 Å². The summed E-state index contributed by atoms with van der Waals surface area (Å²) in [4.78, 5) is 14.6. The summed E-state index contributed by atoms with van der Waals surface area (Å²) in [5.41, 5.74) is 2.33. The Kier molecular flexibility index (Phi) is 7.50. The highest BCUT2D eigenvalue weighted by Crippen LogP contribution is 2.29. The number of anilines is 1. The quantitative estimate of drug-likeness (QED) is 0.495. The Hall–Kier alpha value is -3.23. The van der Waals surface area contributed by atoms with Gasteiger partial charge in [-0.05, 0) is 55.0 Å². The number of hydrogen-bond donors (Lipinski definition) is 1. The van der Waals surface area contributed by atoms with Crippen molar-refractivity contribution in [3.63, 3.8) is 0 Å². The van der Waals surface area contributed by atoms with Gasteiger partial charge in [-0.1, -0.05) is 35.4 Å². The molecule has 0 bridgehead atoms. The van der Waals surface area contributed by atoms with Crippen molar-refractivity contribution in [1.82, 2.24) is 4.90 Å². The van der Waals surface area contributed by atoms with E-state index in [9.17, 15) is 13.2 Å². The standard InChI is InChI=1S/C24H25ClN2O5S/c1-16-5-9-19(10-6-16)33(29,30)26-18-8-11-20(21(25)14-18)24(28)27(2)15-17-7-12-22(31-3)23(13-17)32-4/h5-14,26H,15H2,1-4H3. The molecule has 9 heteroatoms. The molecule has 1 amide bonds. The molecule has 0 heterocycles. The van der Waals surface area contributed by atoms with Crippen molar-refractivity contribution < 1.29 is 22.7 Å². The van der Waals surface area contributed by atoms with Gasteiger partial charge in [0.1, 0.15) is 0 Å². The van der Waals surface area contributed by atoms with Gasteiger partial charge in [0.2, 0.25) is 0 Å². The molecule has 0 unspecified atom stereocenters. The van der Waals surface area contributed by atoms with Crippen molar-refractivity contribution >= 4 is 33.2 Å². The molecule has 0 aliphatic rings. The van der Waals surface area contributed by atoms with Crippen LogP contribution in [0.2, 0.25) is 5.02 Å². The van der Waals surface area contributed by atoms with Crippen LogP contribution in [-0.2, 0) is 16.6 Å². The molecule has 0 fully saturated rings. The van der Waals surface area contributed by atoms with Crippen LogP contribution in [0.5, 0.6) is 11.5 Å². The molecular formula is C24H25ClN2O5S. The average Bonchev–Trinajstić information content (AvgIpc) is 2.78. The molecule has 0 radical (unpaired) electrons. The molecular weight excluding hydrogens is 464 g/mol. The zero-order valence-corrected chi connectivity index (χ0v) is 20.3. The highest BCUT2D eigenvalue weighted by atomic mass is 35.5. The highest BCUT2D eigenvalue weighted by molar-refractivity contribution is 7.92. The number of carbonyl (C=O) groups excluding carboxylic acids is 1. The zero-order chi connectivity index (χ0) is 24.2. The van der Waals surface area contributed by atoms with Gasteiger partial charge in [0.05, 0.1) is 35.4 Å². The Bertz CT molecular complexity index is 1260. The summed E-state index contributed by atoms with van der Waals surface area (Å²) < 4.78 is 38.2. The van der Waals surface area contributed by atoms with E-state index in [1.165, 1.54) is 35.2 Å². The second-order valence-electron chi connectivity index (χ2n) is 7.46. The summed E-state index contributed by atoms with van der Waals surface area (Å²) in [6.45, 7) is 2.19. The van der Waals surface area contributed by atoms with Crippen LogP contribution >= 0.6 is 11.6 Å². The number of nitrogens with one attached hydrogen (secondary N) is 1. The topological polar surface area (TPSA) is 84.9 Å². The number of benzene rings is 3. The normalized spacial score (nSPS) is 11.1. The number of methoxy groups -OCH3 is 2. The molecule has 33 heavy (non-hydrogen) atoms. The number of carbonyl (C=O) groups is 1. The van der Waals surface area contributed by atoms with E-state index in [1.54, 1.807) is 45.5 Å². The summed E-state index contributed by atoms with van der Waals surface area (Å²) in [6, 6.07) is 16.3. The van der Waals surface area contributed by atoms with Gasteiger partial charge >= 0.3 is 0 Å². The second kappa shape index (κ2) is 10.1. The van der Waals surface area contributed by atoms with Crippen molar-refractivity contribution in [1.29, 1.82) is 0 Å². The minimum absolute atomic E-state index is 0.138. The summed E-state index contributed by atoms with van der Waals surface area (Å²) >= 11 is 6.34. The van der Waals surface area contributed by atoms with E-state index in [2.05, 4.69) is 4.72 Å². The third-order valence-electron chi connectivity index (χ3n) is 5.00. The number of sulfonamides is 1. The van der Waals surface area contributed by atoms with Crippen LogP contribution in [-0.4, -0.2) is 40.5 Å². The number of amides is 1. The van der Waals surface area contributed by atoms with Crippen molar-refractivity contribution in [2.75, 3.05) is 26.0 Å². The van der Waals surface area contributed by atoms with E-state index < -0.39 is 10.0 Å². The van der Waals surface area contributed by atoms with Crippen molar-refractivity contribution in [3.05, 3.63) is 82.4 Å². The van der Waals surface area contributed by atoms with E-state index in [0.717, 1.165) is 11.1 Å². The largest absolute Gasteiger partial charge is 0.493 e. The lowest BCUT2D eigenvalue weighted by Crippen LogP contribution is -2.26. The molecule has 1 N–H and O–H groups in total. The van der Waals surface area contributed by atoms with Crippen LogP contribution in [0.15, 0.2) is 65.6 Å². The first-order valence-corrected chi connectivity index (χ1v) is 11.9. The molecule has 0 spiro atoms. The maximum absolute atomic E-state index is 12.9. The predicted octanol–water partition coefficient (Wildman–Crippen LogP) is 4.74. The van der Waals surface area contributed by atoms with Gasteiger partial charge < -0.3 is 14.4 Å². The lowest BCUT2D eigenvalue weighted by molar-refractivity contribution is 0.0785. The van der Waals surface area contributed by atoms with Crippen LogP contribution in [0.25, 0.3) is 0 Å². The van der Waals surface area contributed by atoms with Crippen molar-refractivity contribution in [2.24, 2.45) is 0 Å². The van der Waals surface area contributed by atoms with Crippen LogP contribution < -0.4 is 14.2 Å². The van der Waals surface area contributed by atoms with E-state index in [4.69, 9.17) is 21.1 Å². The lowest BCUT2D eigenvalue weighted by Gasteiger charge is -2.19. The monoisotopic (exact) mass is 488 g/mol. The van der Waals surface area contributed by atoms with E-state index in [0.29, 0.717) is 18.0 Å². The van der Waals surface area contributed by atoms with Gasteiger partial charge in [0, 0.05) is 13.6 Å². The molecule has 0 saturated heterocycles. The fraction of sp³-hybridized carbons (Fsp3) is 0.208. The molecule has 0 aliphatic heterocycles. The Morgan fingerprint density at radius 2 is 1.64 bits per heavy atom. The number of halogens is 1. The van der Waals surface area contributed by atoms with Gasteiger partial charge in [-0.3, -0.25) is 9.52 Å². The second-order valence-corrected chi connectivity index (χ2v) is 9.55. The van der Waals surface area contributed by atoms with Gasteiger partial charge in [-0.15, -0.1) is 0 Å². The molecule has 0 aliphatic carbocycles. The first-order chi connectivity index (χ1) is 15.6. The van der Waals surface area contributed by atoms with Gasteiger partial charge in [-0.25, -0.2) is 8.42 Å². The summed E-state index contributed by atoms with van der Waals surface area (Å²) in [7, 11) is 0.982. The molecule has 3 aromatic rings.